The molecule has 3 heterocycles. The second kappa shape index (κ2) is 7.47. The van der Waals surface area contributed by atoms with Crippen molar-refractivity contribution in [1.82, 2.24) is 20.1 Å². The van der Waals surface area contributed by atoms with Crippen molar-refractivity contribution < 1.29 is 4.79 Å². The maximum absolute atomic E-state index is 12.7. The molecule has 2 N–H and O–H groups in total. The molecule has 1 amide bonds. The van der Waals surface area contributed by atoms with Crippen molar-refractivity contribution in [3.8, 4) is 0 Å². The van der Waals surface area contributed by atoms with Gasteiger partial charge in [0, 0.05) is 40.5 Å². The van der Waals surface area contributed by atoms with E-state index in [4.69, 9.17) is 4.99 Å². The van der Waals surface area contributed by atoms with Gasteiger partial charge in [0.25, 0.3) is 0 Å². The number of halogens is 1. The Labute approximate surface area is 179 Å². The zero-order valence-electron chi connectivity index (χ0n) is 16.5. The first-order chi connectivity index (χ1) is 14.1. The summed E-state index contributed by atoms with van der Waals surface area (Å²) in [6.45, 7) is 2.80. The van der Waals surface area contributed by atoms with Gasteiger partial charge in [0.15, 0.2) is 0 Å². The lowest BCUT2D eigenvalue weighted by Crippen LogP contribution is -2.34. The van der Waals surface area contributed by atoms with Gasteiger partial charge in [-0.3, -0.25) is 9.89 Å². The summed E-state index contributed by atoms with van der Waals surface area (Å²) in [5.41, 5.74) is 5.10. The highest BCUT2D eigenvalue weighted by molar-refractivity contribution is 14.2. The van der Waals surface area contributed by atoms with Gasteiger partial charge >= 0.3 is 0 Å². The molecule has 7 nitrogen and oxygen atoms in total. The number of carbonyl (C=O) groups is 1. The van der Waals surface area contributed by atoms with Crippen molar-refractivity contribution >= 4 is 53.3 Å². The van der Waals surface area contributed by atoms with E-state index in [-0.39, 0.29) is 32.6 Å². The van der Waals surface area contributed by atoms with Gasteiger partial charge in [-0.05, 0) is 37.8 Å². The molecule has 1 aliphatic heterocycles. The third kappa shape index (κ3) is 3.33. The van der Waals surface area contributed by atoms with Crippen LogP contribution in [-0.2, 0) is 4.79 Å². The summed E-state index contributed by atoms with van der Waals surface area (Å²) in [4.78, 5) is 23.7. The van der Waals surface area contributed by atoms with Gasteiger partial charge in [-0.25, -0.2) is 9.98 Å². The Kier molecular flexibility index (Phi) is 4.81. The van der Waals surface area contributed by atoms with E-state index in [1.807, 2.05) is 24.9 Å². The Morgan fingerprint density at radius 2 is 2.31 bits per heavy atom. The van der Waals surface area contributed by atoms with Crippen LogP contribution in [0.3, 0.4) is 0 Å². The van der Waals surface area contributed by atoms with Crippen molar-refractivity contribution in [2.75, 3.05) is 18.9 Å². The lowest BCUT2D eigenvalue weighted by Gasteiger charge is -2.28. The highest BCUT2D eigenvalue weighted by atomic mass is 127. The number of anilines is 1. The summed E-state index contributed by atoms with van der Waals surface area (Å²) in [5.74, 6) is 2.10. The minimum Gasteiger partial charge on any atom is -0.346 e. The first kappa shape index (κ1) is 18.7. The van der Waals surface area contributed by atoms with E-state index in [9.17, 15) is 4.79 Å². The van der Waals surface area contributed by atoms with Crippen LogP contribution in [-0.4, -0.2) is 49.6 Å². The molecule has 0 saturated carbocycles. The molecule has 0 radical (unpaired) electrons. The smallest absolute Gasteiger partial charge is 0.225 e. The molecule has 29 heavy (non-hydrogen) atoms. The van der Waals surface area contributed by atoms with Crippen LogP contribution in [0.15, 0.2) is 43.8 Å². The molecule has 5 rings (SSSR count). The van der Waals surface area contributed by atoms with Gasteiger partial charge in [0.1, 0.15) is 11.7 Å². The van der Waals surface area contributed by atoms with Crippen LogP contribution >= 0.6 is 20.7 Å². The van der Waals surface area contributed by atoms with Crippen LogP contribution in [0.4, 0.5) is 5.82 Å². The van der Waals surface area contributed by atoms with Crippen molar-refractivity contribution in [3.63, 3.8) is 0 Å². The number of pyridine rings is 1. The number of aliphatic imine (C=N–C) groups is 1. The van der Waals surface area contributed by atoms with Crippen molar-refractivity contribution in [3.05, 3.63) is 38.8 Å². The Morgan fingerprint density at radius 3 is 3.17 bits per heavy atom. The largest absolute Gasteiger partial charge is 0.346 e. The Morgan fingerprint density at radius 1 is 1.41 bits per heavy atom. The fourth-order valence-electron chi connectivity index (χ4n) is 4.30. The van der Waals surface area contributed by atoms with Gasteiger partial charge in [0.05, 0.1) is 22.0 Å². The SMILES string of the molecule is CCN(C)C(=O)[C@H]1CCC2=C(CC3=C2C(Nc2cc4cn[nH]c4cn2)=NC=I3)C1. The van der Waals surface area contributed by atoms with Gasteiger partial charge < -0.3 is 10.2 Å². The predicted molar refractivity (Wildman–Crippen MR) is 124 cm³/mol. The molecule has 1 atom stereocenters. The van der Waals surface area contributed by atoms with E-state index in [1.165, 1.54) is 20.3 Å². The third-order valence-electron chi connectivity index (χ3n) is 5.97. The average molecular weight is 502 g/mol. The fraction of sp³-hybridized carbons (Fsp3) is 0.381. The van der Waals surface area contributed by atoms with Crippen LogP contribution in [0.25, 0.3) is 10.9 Å². The topological polar surface area (TPSA) is 86.3 Å². The highest BCUT2D eigenvalue weighted by Crippen LogP contribution is 2.48. The maximum Gasteiger partial charge on any atom is 0.225 e. The average Bonchev–Trinajstić information content (AvgIpc) is 3.36. The molecular weight excluding hydrogens is 479 g/mol. The molecule has 0 spiro atoms. The third-order valence-corrected chi connectivity index (χ3v) is 8.20. The molecule has 150 valence electrons. The van der Waals surface area contributed by atoms with Crippen LogP contribution in [0.5, 0.6) is 0 Å². The molecule has 0 bridgehead atoms. The molecular formula is C21H23IN6O. The number of carbonyl (C=O) groups excluding carboxylic acids is 1. The van der Waals surface area contributed by atoms with E-state index in [0.29, 0.717) is 0 Å². The van der Waals surface area contributed by atoms with Crippen LogP contribution in [0.2, 0.25) is 0 Å². The van der Waals surface area contributed by atoms with E-state index < -0.39 is 0 Å². The number of aromatic amines is 1. The number of allylic oxidation sites excluding steroid dienone is 2. The molecule has 0 aromatic carbocycles. The monoisotopic (exact) mass is 502 g/mol. The van der Waals surface area contributed by atoms with Crippen molar-refractivity contribution in [1.29, 1.82) is 0 Å². The highest BCUT2D eigenvalue weighted by Gasteiger charge is 2.35. The molecule has 8 heteroatoms. The molecule has 2 aromatic rings. The standard InChI is InChI=1S/C21H23IN6O/c1-3-28(2)21(29)12-4-5-15-13(6-12)7-16-19(15)20(24-11-22-16)26-18-8-14-9-25-27-17(14)10-23-18/h8-12H,3-7H2,1-2H3,(H,25,27)(H,23,24,26)/t12-/m0/s1. The summed E-state index contributed by atoms with van der Waals surface area (Å²) >= 11 is -0.184. The number of rotatable bonds is 3. The summed E-state index contributed by atoms with van der Waals surface area (Å²) < 4.78 is 3.61. The predicted octanol–water partition coefficient (Wildman–Crippen LogP) is 3.75. The lowest BCUT2D eigenvalue weighted by atomic mass is 9.82. The first-order valence-corrected chi connectivity index (χ1v) is 12.2. The Hall–Kier alpha value is -2.36. The zero-order chi connectivity index (χ0) is 20.0. The number of amides is 1. The minimum atomic E-state index is -0.184. The number of nitrogens with one attached hydrogen (secondary N) is 2. The Bertz CT molecular complexity index is 1130. The van der Waals surface area contributed by atoms with Crippen molar-refractivity contribution in [2.24, 2.45) is 10.9 Å². The summed E-state index contributed by atoms with van der Waals surface area (Å²) in [6.07, 6.45) is 7.38. The van der Waals surface area contributed by atoms with E-state index >= 15 is 0 Å². The number of H-pyrrole nitrogens is 1. The molecule has 0 saturated heterocycles. The van der Waals surface area contributed by atoms with Crippen LogP contribution in [0, 0.1) is 5.92 Å². The maximum atomic E-state index is 12.7. The van der Waals surface area contributed by atoms with E-state index in [2.05, 4.69) is 24.6 Å². The van der Waals surface area contributed by atoms with Crippen molar-refractivity contribution in [2.45, 2.75) is 32.6 Å². The zero-order valence-corrected chi connectivity index (χ0v) is 18.7. The van der Waals surface area contributed by atoms with Gasteiger partial charge in [-0.15, -0.1) is 0 Å². The number of hydrogen-bond donors (Lipinski definition) is 2. The number of nitrogens with zero attached hydrogens (tertiary/aromatic N) is 4. The number of aromatic nitrogens is 3. The van der Waals surface area contributed by atoms with Gasteiger partial charge in [-0.1, -0.05) is 26.3 Å². The van der Waals surface area contributed by atoms with Gasteiger partial charge in [0.2, 0.25) is 5.91 Å². The second-order valence-corrected chi connectivity index (χ2v) is 10.1. The van der Waals surface area contributed by atoms with E-state index in [1.54, 1.807) is 12.4 Å². The number of hydrogen-bond acceptors (Lipinski definition) is 5. The normalized spacial score (nSPS) is 20.9. The van der Waals surface area contributed by atoms with E-state index in [0.717, 1.165) is 54.8 Å². The van der Waals surface area contributed by atoms with Crippen LogP contribution < -0.4 is 5.32 Å². The van der Waals surface area contributed by atoms with Gasteiger partial charge in [-0.2, -0.15) is 5.10 Å². The Balaban J connectivity index is 1.39. The minimum absolute atomic E-state index is 0.126. The fourth-order valence-corrected chi connectivity index (χ4v) is 6.63. The lowest BCUT2D eigenvalue weighted by molar-refractivity contribution is -0.134. The first-order valence-electron chi connectivity index (χ1n) is 9.92. The summed E-state index contributed by atoms with van der Waals surface area (Å²) in [6, 6.07) is 1.99. The number of amidine groups is 1. The summed E-state index contributed by atoms with van der Waals surface area (Å²) in [5, 5.41) is 11.5. The number of fused-ring (bicyclic) bond motifs is 2. The molecule has 0 unspecified atom stereocenters. The molecule has 2 aliphatic carbocycles. The van der Waals surface area contributed by atoms with Crippen LogP contribution in [0.1, 0.15) is 32.6 Å². The quantitative estimate of drug-likeness (QED) is 0.627. The molecule has 0 fully saturated rings. The summed E-state index contributed by atoms with van der Waals surface area (Å²) in [7, 11) is 1.91. The molecule has 2 aromatic heterocycles. The second-order valence-electron chi connectivity index (χ2n) is 7.67. The molecule has 3 aliphatic rings.